The highest BCUT2D eigenvalue weighted by Crippen LogP contribution is 2.24. The smallest absolute Gasteiger partial charge is 0.273 e. The molecule has 0 aliphatic heterocycles. The first-order valence-electron chi connectivity index (χ1n) is 11.1. The fraction of sp³-hybridized carbons (Fsp3) is 0.0714. The number of thioether (sulfide) groups is 1. The third-order valence-corrected chi connectivity index (χ3v) is 6.78. The van der Waals surface area contributed by atoms with Crippen LogP contribution in [0.25, 0.3) is 0 Å². The highest BCUT2D eigenvalue weighted by atomic mass is 79.9. The van der Waals surface area contributed by atoms with Crippen molar-refractivity contribution in [3.63, 3.8) is 0 Å². The minimum atomic E-state index is -0.432. The van der Waals surface area contributed by atoms with E-state index in [9.17, 15) is 9.59 Å². The van der Waals surface area contributed by atoms with Gasteiger partial charge in [-0.25, -0.2) is 5.43 Å². The number of carbonyl (C=O) groups is 2. The van der Waals surface area contributed by atoms with Gasteiger partial charge in [-0.3, -0.25) is 14.6 Å². The first kappa shape index (κ1) is 25.3. The Labute approximate surface area is 222 Å². The maximum atomic E-state index is 12.9. The maximum Gasteiger partial charge on any atom is 0.273 e. The van der Waals surface area contributed by atoms with Crippen LogP contribution in [0.2, 0.25) is 0 Å². The van der Waals surface area contributed by atoms with Crippen LogP contribution in [0.5, 0.6) is 0 Å². The van der Waals surface area contributed by atoms with Crippen molar-refractivity contribution in [3.05, 3.63) is 124 Å². The molecule has 0 saturated heterocycles. The van der Waals surface area contributed by atoms with Crippen LogP contribution in [0, 0.1) is 6.92 Å². The number of hydrogen-bond acceptors (Lipinski definition) is 5. The average Bonchev–Trinajstić information content (AvgIpc) is 2.90. The van der Waals surface area contributed by atoms with Gasteiger partial charge in [0.05, 0.1) is 17.5 Å². The topological polar surface area (TPSA) is 83.5 Å². The Hall–Kier alpha value is -3.75. The summed E-state index contributed by atoms with van der Waals surface area (Å²) in [5.41, 5.74) is 6.83. The van der Waals surface area contributed by atoms with Crippen molar-refractivity contribution in [2.45, 2.75) is 17.6 Å². The van der Waals surface area contributed by atoms with Crippen LogP contribution >= 0.6 is 27.7 Å². The fourth-order valence-corrected chi connectivity index (χ4v) is 4.44. The van der Waals surface area contributed by atoms with E-state index in [0.717, 1.165) is 27.3 Å². The van der Waals surface area contributed by atoms with Gasteiger partial charge in [0.2, 0.25) is 0 Å². The summed E-state index contributed by atoms with van der Waals surface area (Å²) in [6.45, 7) is 2.00. The third kappa shape index (κ3) is 7.13. The summed E-state index contributed by atoms with van der Waals surface area (Å²) in [5, 5.41) is 6.89. The van der Waals surface area contributed by atoms with Gasteiger partial charge < -0.3 is 5.32 Å². The second-order valence-corrected chi connectivity index (χ2v) is 9.89. The van der Waals surface area contributed by atoms with Crippen molar-refractivity contribution in [1.82, 2.24) is 10.4 Å². The number of nitrogens with one attached hydrogen (secondary N) is 2. The van der Waals surface area contributed by atoms with Gasteiger partial charge in [-0.15, -0.1) is 11.8 Å². The summed E-state index contributed by atoms with van der Waals surface area (Å²) in [7, 11) is 0. The number of carbonyl (C=O) groups excluding carboxylic acids is 2. The van der Waals surface area contributed by atoms with E-state index in [2.05, 4.69) is 36.8 Å². The molecule has 180 valence electrons. The van der Waals surface area contributed by atoms with Gasteiger partial charge in [-0.1, -0.05) is 57.9 Å². The molecule has 0 radical (unpaired) electrons. The summed E-state index contributed by atoms with van der Waals surface area (Å²) >= 11 is 5.09. The number of hydrazone groups is 1. The predicted molar refractivity (Wildman–Crippen MR) is 149 cm³/mol. The van der Waals surface area contributed by atoms with E-state index in [1.165, 1.54) is 0 Å². The first-order chi connectivity index (χ1) is 17.5. The largest absolute Gasteiger partial charge is 0.321 e. The standard InChI is InChI=1S/C28H23BrN4O2S/c1-19-2-4-20(5-3-19)17-31-33-28(35)25-16-23(29)10-11-26(25)32-27(34)22-8-6-21(7-9-22)18-36-24-12-14-30-15-13-24/h2-17H,18H2,1H3,(H,32,34)(H,33,35). The van der Waals surface area contributed by atoms with Gasteiger partial charge in [0.15, 0.2) is 0 Å². The fourth-order valence-electron chi connectivity index (χ4n) is 3.24. The molecule has 0 aliphatic carbocycles. The van der Waals surface area contributed by atoms with Crippen LogP contribution in [0.4, 0.5) is 5.69 Å². The molecule has 4 aromatic rings. The Kier molecular flexibility index (Phi) is 8.65. The number of benzene rings is 3. The van der Waals surface area contributed by atoms with E-state index in [0.29, 0.717) is 21.3 Å². The lowest BCUT2D eigenvalue weighted by Gasteiger charge is -2.11. The zero-order chi connectivity index (χ0) is 25.3. The van der Waals surface area contributed by atoms with Crippen molar-refractivity contribution >= 4 is 51.4 Å². The van der Waals surface area contributed by atoms with Crippen molar-refractivity contribution in [2.24, 2.45) is 5.10 Å². The monoisotopic (exact) mass is 558 g/mol. The molecule has 2 N–H and O–H groups in total. The highest BCUT2D eigenvalue weighted by Gasteiger charge is 2.15. The second-order valence-electron chi connectivity index (χ2n) is 7.92. The molecule has 6 nitrogen and oxygen atoms in total. The number of aryl methyl sites for hydroxylation is 1. The van der Waals surface area contributed by atoms with E-state index in [1.54, 1.807) is 60.7 Å². The summed E-state index contributed by atoms with van der Waals surface area (Å²) in [6, 6.07) is 24.2. The highest BCUT2D eigenvalue weighted by molar-refractivity contribution is 9.10. The lowest BCUT2D eigenvalue weighted by Crippen LogP contribution is -2.21. The average molecular weight is 559 g/mol. The molecule has 4 rings (SSSR count). The summed E-state index contributed by atoms with van der Waals surface area (Å²) in [6.07, 6.45) is 5.10. The molecule has 2 amide bonds. The Morgan fingerprint density at radius 2 is 1.67 bits per heavy atom. The van der Waals surface area contributed by atoms with Gasteiger partial charge in [0, 0.05) is 33.1 Å². The number of rotatable bonds is 8. The van der Waals surface area contributed by atoms with Gasteiger partial charge >= 0.3 is 0 Å². The molecule has 0 unspecified atom stereocenters. The molecule has 3 aromatic carbocycles. The summed E-state index contributed by atoms with van der Waals surface area (Å²) in [5.74, 6) is 0.0489. The Balaban J connectivity index is 1.40. The lowest BCUT2D eigenvalue weighted by molar-refractivity contribution is 0.0956. The molecular formula is C28H23BrN4O2S. The molecule has 8 heteroatoms. The molecule has 0 spiro atoms. The van der Waals surface area contributed by atoms with Crippen LogP contribution < -0.4 is 10.7 Å². The molecule has 0 fully saturated rings. The van der Waals surface area contributed by atoms with Crippen LogP contribution in [0.3, 0.4) is 0 Å². The first-order valence-corrected chi connectivity index (χ1v) is 12.9. The van der Waals surface area contributed by atoms with E-state index < -0.39 is 5.91 Å². The van der Waals surface area contributed by atoms with Gasteiger partial charge in [0.25, 0.3) is 11.8 Å². The number of nitrogens with zero attached hydrogens (tertiary/aromatic N) is 2. The molecule has 1 aromatic heterocycles. The van der Waals surface area contributed by atoms with Gasteiger partial charge in [-0.2, -0.15) is 5.10 Å². The number of hydrogen-bond donors (Lipinski definition) is 2. The van der Waals surface area contributed by atoms with Crippen molar-refractivity contribution in [3.8, 4) is 0 Å². The summed E-state index contributed by atoms with van der Waals surface area (Å²) < 4.78 is 0.712. The van der Waals surface area contributed by atoms with Crippen molar-refractivity contribution < 1.29 is 9.59 Å². The minimum Gasteiger partial charge on any atom is -0.321 e. The zero-order valence-electron chi connectivity index (χ0n) is 19.4. The zero-order valence-corrected chi connectivity index (χ0v) is 21.8. The predicted octanol–water partition coefficient (Wildman–Crippen LogP) is 6.46. The molecular weight excluding hydrogens is 536 g/mol. The maximum absolute atomic E-state index is 12.9. The minimum absolute atomic E-state index is 0.296. The number of anilines is 1. The van der Waals surface area contributed by atoms with Crippen LogP contribution in [0.15, 0.2) is 106 Å². The van der Waals surface area contributed by atoms with E-state index in [4.69, 9.17) is 0 Å². The Bertz CT molecular complexity index is 1380. The summed E-state index contributed by atoms with van der Waals surface area (Å²) in [4.78, 5) is 30.9. The van der Waals surface area contributed by atoms with Crippen LogP contribution in [-0.4, -0.2) is 23.0 Å². The van der Waals surface area contributed by atoms with Crippen LogP contribution in [-0.2, 0) is 5.75 Å². The third-order valence-electron chi connectivity index (χ3n) is 5.20. The Morgan fingerprint density at radius 1 is 0.944 bits per heavy atom. The molecule has 0 saturated carbocycles. The molecule has 0 bridgehead atoms. The second kappa shape index (κ2) is 12.3. The molecule has 1 heterocycles. The van der Waals surface area contributed by atoms with Crippen molar-refractivity contribution in [2.75, 3.05) is 5.32 Å². The number of halogens is 1. The van der Waals surface area contributed by atoms with Crippen LogP contribution in [0.1, 0.15) is 37.4 Å². The number of amides is 2. The van der Waals surface area contributed by atoms with E-state index in [-0.39, 0.29) is 5.91 Å². The molecule has 0 atom stereocenters. The SMILES string of the molecule is Cc1ccc(C=NNC(=O)c2cc(Br)ccc2NC(=O)c2ccc(CSc3ccncc3)cc2)cc1. The normalized spacial score (nSPS) is 10.8. The number of aromatic nitrogens is 1. The van der Waals surface area contributed by atoms with E-state index in [1.807, 2.05) is 55.5 Å². The quantitative estimate of drug-likeness (QED) is 0.147. The number of pyridine rings is 1. The lowest BCUT2D eigenvalue weighted by atomic mass is 10.1. The van der Waals surface area contributed by atoms with Crippen molar-refractivity contribution in [1.29, 1.82) is 0 Å². The van der Waals surface area contributed by atoms with E-state index >= 15 is 0 Å². The molecule has 0 aliphatic rings. The Morgan fingerprint density at radius 3 is 2.39 bits per heavy atom. The van der Waals surface area contributed by atoms with Gasteiger partial charge in [0.1, 0.15) is 0 Å². The van der Waals surface area contributed by atoms with Gasteiger partial charge in [-0.05, 0) is 60.5 Å². The molecule has 36 heavy (non-hydrogen) atoms.